The van der Waals surface area contributed by atoms with E-state index in [0.29, 0.717) is 5.75 Å². The van der Waals surface area contributed by atoms with E-state index in [9.17, 15) is 13.2 Å². The molecule has 4 aromatic rings. The minimum absolute atomic E-state index is 0.0975. The van der Waals surface area contributed by atoms with Crippen LogP contribution in [-0.2, 0) is 34.7 Å². The number of hydrogen-bond donors (Lipinski definition) is 0. The Labute approximate surface area is 304 Å². The first kappa shape index (κ1) is 40.8. The smallest absolute Gasteiger partial charge is 0.344 e. The molecule has 4 aromatic carbocycles. The molecule has 0 aromatic heterocycles. The number of esters is 1. The first-order valence-electron chi connectivity index (χ1n) is 17.8. The van der Waals surface area contributed by atoms with Crippen molar-refractivity contribution in [2.24, 2.45) is 0 Å². The van der Waals surface area contributed by atoms with E-state index in [-0.39, 0.29) is 35.0 Å². The third kappa shape index (κ3) is 16.0. The highest BCUT2D eigenvalue weighted by Crippen LogP contribution is 2.32. The Morgan fingerprint density at radius 2 is 1.04 bits per heavy atom. The summed E-state index contributed by atoms with van der Waals surface area (Å²) < 4.78 is 39.7. The molecule has 6 nitrogen and oxygen atoms in total. The quantitative estimate of drug-likeness (QED) is 0.0415. The molecule has 8 heteroatoms. The van der Waals surface area contributed by atoms with Crippen LogP contribution in [0.4, 0.5) is 0 Å². The number of carbonyl (C=O) groups is 1. The second-order valence-electron chi connectivity index (χ2n) is 13.0. The topological polar surface area (TPSA) is 78.9 Å². The Kier molecular flexibility index (Phi) is 18.2. The summed E-state index contributed by atoms with van der Waals surface area (Å²) in [7, 11) is -3.77. The molecule has 0 aliphatic carbocycles. The minimum Gasteiger partial charge on any atom is -0.482 e. The van der Waals surface area contributed by atoms with E-state index in [0.717, 1.165) is 12.8 Å². The average molecular weight is 720 g/mol. The van der Waals surface area contributed by atoms with Crippen molar-refractivity contribution in [3.63, 3.8) is 0 Å². The van der Waals surface area contributed by atoms with Crippen molar-refractivity contribution in [3.8, 4) is 5.75 Å². The monoisotopic (exact) mass is 719 g/mol. The largest absolute Gasteiger partial charge is 0.482 e. The van der Waals surface area contributed by atoms with Crippen molar-refractivity contribution in [1.29, 1.82) is 0 Å². The van der Waals surface area contributed by atoms with Crippen LogP contribution < -0.4 is 4.74 Å². The number of ether oxygens (including phenoxy) is 2. The maximum absolute atomic E-state index is 11.9. The summed E-state index contributed by atoms with van der Waals surface area (Å²) >= 11 is 0. The molecule has 0 aliphatic rings. The lowest BCUT2D eigenvalue weighted by Crippen LogP contribution is -2.27. The summed E-state index contributed by atoms with van der Waals surface area (Å²) in [6.07, 6.45) is 12.3. The molecule has 0 atom stereocenters. The molecule has 0 fully saturated rings. The van der Waals surface area contributed by atoms with Gasteiger partial charge in [0.15, 0.2) is 21.3 Å². The van der Waals surface area contributed by atoms with E-state index in [4.69, 9.17) is 13.7 Å². The zero-order valence-electron chi connectivity index (χ0n) is 30.2. The number of rotatable bonds is 19. The molecule has 0 unspecified atom stereocenters. The predicted molar refractivity (Wildman–Crippen MR) is 204 cm³/mol. The Balaban J connectivity index is 0.000000279. The summed E-state index contributed by atoms with van der Waals surface area (Å²) in [4.78, 5) is 15.8. The van der Waals surface area contributed by atoms with Gasteiger partial charge in [-0.05, 0) is 87.9 Å². The van der Waals surface area contributed by atoms with Gasteiger partial charge in [-0.15, -0.1) is 0 Å². The molecule has 4 rings (SSSR count). The molecule has 0 N–H and O–H groups in total. The number of benzene rings is 4. The molecule has 0 heterocycles. The normalized spacial score (nSPS) is 11.5. The van der Waals surface area contributed by atoms with Crippen molar-refractivity contribution in [3.05, 3.63) is 115 Å². The SMILES string of the molecule is CC(C)(C)OC(=O)COc1ccc([S+](c2ccccc2)c2ccccc2)cc1.CCCCCCCCCCCCOS(=O)(=O)c1ccccc1. The number of unbranched alkanes of at least 4 members (excludes halogenated alkanes) is 9. The Morgan fingerprint density at radius 3 is 1.52 bits per heavy atom. The van der Waals surface area contributed by atoms with Crippen LogP contribution in [0.5, 0.6) is 5.75 Å². The highest BCUT2D eigenvalue weighted by molar-refractivity contribution is 7.97. The molecule has 50 heavy (non-hydrogen) atoms. The van der Waals surface area contributed by atoms with Crippen molar-refractivity contribution in [2.75, 3.05) is 13.2 Å². The summed E-state index contributed by atoms with van der Waals surface area (Å²) in [5, 5.41) is 0. The van der Waals surface area contributed by atoms with E-state index in [2.05, 4.69) is 67.6 Å². The zero-order chi connectivity index (χ0) is 36.1. The van der Waals surface area contributed by atoms with Gasteiger partial charge in [-0.1, -0.05) is 119 Å². The van der Waals surface area contributed by atoms with Crippen LogP contribution in [0.2, 0.25) is 0 Å². The zero-order valence-corrected chi connectivity index (χ0v) is 31.9. The summed E-state index contributed by atoms with van der Waals surface area (Å²) in [6, 6.07) is 37.2. The predicted octanol–water partition coefficient (Wildman–Crippen LogP) is 10.8. The third-order valence-corrected chi connectivity index (χ3v) is 11.1. The van der Waals surface area contributed by atoms with Crippen LogP contribution in [-0.4, -0.2) is 33.2 Å². The van der Waals surface area contributed by atoms with Gasteiger partial charge in [0.25, 0.3) is 10.1 Å². The number of hydrogen-bond acceptors (Lipinski definition) is 6. The van der Waals surface area contributed by atoms with Gasteiger partial charge in [0.2, 0.25) is 0 Å². The lowest BCUT2D eigenvalue weighted by Gasteiger charge is -2.19. The summed E-state index contributed by atoms with van der Waals surface area (Å²) in [6.45, 7) is 7.95. The highest BCUT2D eigenvalue weighted by Gasteiger charge is 2.28. The van der Waals surface area contributed by atoms with E-state index in [1.165, 1.54) is 66.1 Å². The summed E-state index contributed by atoms with van der Waals surface area (Å²) in [5.74, 6) is 0.282. The molecule has 0 saturated heterocycles. The lowest BCUT2D eigenvalue weighted by molar-refractivity contribution is -0.157. The van der Waals surface area contributed by atoms with Gasteiger partial charge in [-0.2, -0.15) is 8.42 Å². The molecule has 0 aliphatic heterocycles. The second kappa shape index (κ2) is 22.3. The van der Waals surface area contributed by atoms with Gasteiger partial charge in [0.05, 0.1) is 22.4 Å². The maximum atomic E-state index is 11.9. The van der Waals surface area contributed by atoms with Crippen LogP contribution in [0.3, 0.4) is 0 Å². The second-order valence-corrected chi connectivity index (χ2v) is 16.7. The van der Waals surface area contributed by atoms with E-state index < -0.39 is 15.7 Å². The molecular formula is C42H55O6S2+. The molecule has 0 bridgehead atoms. The fourth-order valence-corrected chi connectivity index (χ4v) is 8.17. The van der Waals surface area contributed by atoms with E-state index in [1.54, 1.807) is 30.3 Å². The maximum Gasteiger partial charge on any atom is 0.344 e. The molecular weight excluding hydrogens is 665 g/mol. The van der Waals surface area contributed by atoms with Crippen molar-refractivity contribution in [2.45, 2.75) is 117 Å². The highest BCUT2D eigenvalue weighted by atomic mass is 32.2. The van der Waals surface area contributed by atoms with Crippen LogP contribution in [0.15, 0.2) is 135 Å². The van der Waals surface area contributed by atoms with Crippen LogP contribution in [0.1, 0.15) is 91.9 Å². The van der Waals surface area contributed by atoms with Crippen molar-refractivity contribution < 1.29 is 26.9 Å². The van der Waals surface area contributed by atoms with Gasteiger partial charge < -0.3 is 9.47 Å². The Hall–Kier alpha value is -3.59. The molecule has 270 valence electrons. The van der Waals surface area contributed by atoms with E-state index >= 15 is 0 Å². The fraction of sp³-hybridized carbons (Fsp3) is 0.405. The van der Waals surface area contributed by atoms with Gasteiger partial charge in [-0.3, -0.25) is 4.18 Å². The molecule has 0 amide bonds. The number of carbonyl (C=O) groups excluding carboxylic acids is 1. The fourth-order valence-electron chi connectivity index (χ4n) is 5.12. The first-order chi connectivity index (χ1) is 24.1. The minimum atomic E-state index is -3.57. The Morgan fingerprint density at radius 1 is 0.600 bits per heavy atom. The Bertz CT molecular complexity index is 1550. The van der Waals surface area contributed by atoms with Crippen LogP contribution in [0.25, 0.3) is 0 Å². The third-order valence-electron chi connectivity index (χ3n) is 7.56. The van der Waals surface area contributed by atoms with E-state index in [1.807, 2.05) is 45.0 Å². The summed E-state index contributed by atoms with van der Waals surface area (Å²) in [5.41, 5.74) is -0.510. The van der Waals surface area contributed by atoms with Gasteiger partial charge in [0, 0.05) is 0 Å². The van der Waals surface area contributed by atoms with Crippen LogP contribution >= 0.6 is 0 Å². The molecule has 0 radical (unpaired) electrons. The lowest BCUT2D eigenvalue weighted by atomic mass is 10.1. The molecule has 0 saturated carbocycles. The molecule has 0 spiro atoms. The van der Waals surface area contributed by atoms with Gasteiger partial charge in [-0.25, -0.2) is 4.79 Å². The van der Waals surface area contributed by atoms with Gasteiger partial charge >= 0.3 is 5.97 Å². The van der Waals surface area contributed by atoms with Crippen molar-refractivity contribution >= 4 is 27.0 Å². The van der Waals surface area contributed by atoms with Crippen LogP contribution in [0, 0.1) is 0 Å². The average Bonchev–Trinajstić information content (AvgIpc) is 3.11. The first-order valence-corrected chi connectivity index (χ1v) is 20.5. The standard InChI is InChI=1S/C24H25O3S.C18H30O3S/c1-24(2,3)27-23(25)18-26-19-14-16-22(17-15-19)28(20-10-6-4-7-11-20)21-12-8-5-9-13-21;1-2-3-4-5-6-7-8-9-10-14-17-21-22(19,20)18-15-12-11-13-16-18/h4-17H,18H2,1-3H3;11-13,15-16H,2-10,14,17H2,1H3/q+1;. The van der Waals surface area contributed by atoms with Gasteiger partial charge in [0.1, 0.15) is 11.4 Å². The van der Waals surface area contributed by atoms with Crippen molar-refractivity contribution in [1.82, 2.24) is 0 Å².